The lowest BCUT2D eigenvalue weighted by atomic mass is 10.1. The van der Waals surface area contributed by atoms with E-state index in [2.05, 4.69) is 4.98 Å². The average Bonchev–Trinajstić information content (AvgIpc) is 2.97. The lowest BCUT2D eigenvalue weighted by Crippen LogP contribution is -2.38. The van der Waals surface area contributed by atoms with Gasteiger partial charge >= 0.3 is 6.18 Å². The summed E-state index contributed by atoms with van der Waals surface area (Å²) in [6, 6.07) is 21.7. The lowest BCUT2D eigenvalue weighted by Gasteiger charge is -2.31. The highest BCUT2D eigenvalue weighted by molar-refractivity contribution is 5.80. The number of hydrogen-bond acceptors (Lipinski definition) is 4. The second-order valence-corrected chi connectivity index (χ2v) is 9.89. The molecular formula is C32H27F3N4O2. The Labute approximate surface area is 234 Å². The zero-order valence-electron chi connectivity index (χ0n) is 22.5. The molecule has 3 aromatic carbocycles. The Hall–Kier alpha value is -4.79. The minimum atomic E-state index is -4.52. The van der Waals surface area contributed by atoms with Crippen LogP contribution in [0.4, 0.5) is 13.2 Å². The molecule has 0 saturated carbocycles. The standard InChI is InChI=1S/C32H27F3N4O2/c1-21-9-11-23(12-10-21)18-29(40)38(20-24-6-5-17-36-19-24)22(2)30-37-28-8-4-3-7-27(28)31(41)39(30)26-15-13-25(14-16-26)32(33,34)35/h3-17,19,22H,18,20H2,1-2H3. The Morgan fingerprint density at radius 1 is 0.927 bits per heavy atom. The van der Waals surface area contributed by atoms with Gasteiger partial charge in [-0.2, -0.15) is 13.2 Å². The minimum Gasteiger partial charge on any atom is -0.328 e. The van der Waals surface area contributed by atoms with E-state index in [1.165, 1.54) is 16.7 Å². The Balaban J connectivity index is 1.64. The Morgan fingerprint density at radius 3 is 2.29 bits per heavy atom. The number of carbonyl (C=O) groups excluding carboxylic acids is 1. The summed E-state index contributed by atoms with van der Waals surface area (Å²) >= 11 is 0. The van der Waals surface area contributed by atoms with Gasteiger partial charge in [0.15, 0.2) is 0 Å². The molecule has 41 heavy (non-hydrogen) atoms. The second-order valence-electron chi connectivity index (χ2n) is 9.89. The third-order valence-electron chi connectivity index (χ3n) is 6.97. The molecule has 2 heterocycles. The van der Waals surface area contributed by atoms with Crippen LogP contribution in [0.2, 0.25) is 0 Å². The normalized spacial score (nSPS) is 12.3. The predicted octanol–water partition coefficient (Wildman–Crippen LogP) is 6.44. The number of pyridine rings is 1. The zero-order valence-corrected chi connectivity index (χ0v) is 22.5. The van der Waals surface area contributed by atoms with Gasteiger partial charge in [-0.15, -0.1) is 0 Å². The van der Waals surface area contributed by atoms with E-state index in [1.807, 2.05) is 37.3 Å². The lowest BCUT2D eigenvalue weighted by molar-refractivity contribution is -0.137. The van der Waals surface area contributed by atoms with Crippen molar-refractivity contribution in [1.29, 1.82) is 0 Å². The van der Waals surface area contributed by atoms with E-state index >= 15 is 0 Å². The van der Waals surface area contributed by atoms with Crippen LogP contribution < -0.4 is 5.56 Å². The molecule has 0 bridgehead atoms. The van der Waals surface area contributed by atoms with Gasteiger partial charge in [0.05, 0.1) is 34.6 Å². The molecule has 0 aliphatic rings. The van der Waals surface area contributed by atoms with Gasteiger partial charge in [0.2, 0.25) is 5.91 Å². The van der Waals surface area contributed by atoms with Crippen molar-refractivity contribution < 1.29 is 18.0 Å². The van der Waals surface area contributed by atoms with Gasteiger partial charge in [0, 0.05) is 18.9 Å². The summed E-state index contributed by atoms with van der Waals surface area (Å²) in [4.78, 5) is 38.2. The molecule has 1 amide bonds. The van der Waals surface area contributed by atoms with E-state index in [1.54, 1.807) is 54.5 Å². The van der Waals surface area contributed by atoms with E-state index in [0.29, 0.717) is 10.9 Å². The minimum absolute atomic E-state index is 0.114. The first-order valence-corrected chi connectivity index (χ1v) is 13.0. The predicted molar refractivity (Wildman–Crippen MR) is 150 cm³/mol. The van der Waals surface area contributed by atoms with Crippen molar-refractivity contribution in [1.82, 2.24) is 19.4 Å². The maximum absolute atomic E-state index is 13.8. The highest BCUT2D eigenvalue weighted by Crippen LogP contribution is 2.31. The van der Waals surface area contributed by atoms with Crippen LogP contribution in [-0.2, 0) is 23.9 Å². The number of alkyl halides is 3. The van der Waals surface area contributed by atoms with Crippen molar-refractivity contribution in [2.24, 2.45) is 0 Å². The van der Waals surface area contributed by atoms with Crippen LogP contribution in [0.15, 0.2) is 102 Å². The van der Waals surface area contributed by atoms with Gasteiger partial charge in [-0.3, -0.25) is 19.1 Å². The van der Waals surface area contributed by atoms with E-state index in [0.717, 1.165) is 28.8 Å². The monoisotopic (exact) mass is 556 g/mol. The molecule has 0 saturated heterocycles. The second kappa shape index (κ2) is 11.4. The van der Waals surface area contributed by atoms with Gasteiger partial charge in [0.1, 0.15) is 5.82 Å². The summed E-state index contributed by atoms with van der Waals surface area (Å²) in [7, 11) is 0. The van der Waals surface area contributed by atoms with Crippen molar-refractivity contribution in [3.05, 3.63) is 136 Å². The van der Waals surface area contributed by atoms with Crippen molar-refractivity contribution in [3.63, 3.8) is 0 Å². The topological polar surface area (TPSA) is 68.1 Å². The Morgan fingerprint density at radius 2 is 1.63 bits per heavy atom. The van der Waals surface area contributed by atoms with Crippen molar-refractivity contribution in [3.8, 4) is 5.69 Å². The highest BCUT2D eigenvalue weighted by Gasteiger charge is 2.31. The van der Waals surface area contributed by atoms with Gasteiger partial charge in [-0.25, -0.2) is 4.98 Å². The largest absolute Gasteiger partial charge is 0.416 e. The maximum Gasteiger partial charge on any atom is 0.416 e. The van der Waals surface area contributed by atoms with E-state index in [9.17, 15) is 22.8 Å². The molecular weight excluding hydrogens is 529 g/mol. The third kappa shape index (κ3) is 6.04. The molecule has 5 aromatic rings. The van der Waals surface area contributed by atoms with Gasteiger partial charge < -0.3 is 4.90 Å². The smallest absolute Gasteiger partial charge is 0.328 e. The summed E-state index contributed by atoms with van der Waals surface area (Å²) < 4.78 is 41.2. The van der Waals surface area contributed by atoms with Crippen LogP contribution in [0.1, 0.15) is 41.0 Å². The third-order valence-corrected chi connectivity index (χ3v) is 6.97. The average molecular weight is 557 g/mol. The molecule has 1 atom stereocenters. The van der Waals surface area contributed by atoms with Gasteiger partial charge in [0.25, 0.3) is 5.56 Å². The summed E-state index contributed by atoms with van der Waals surface area (Å²) in [5.41, 5.74) is 2.05. The number of carbonyl (C=O) groups is 1. The van der Waals surface area contributed by atoms with Crippen molar-refractivity contribution in [2.45, 2.75) is 39.0 Å². The molecule has 208 valence electrons. The number of aromatic nitrogens is 3. The molecule has 0 radical (unpaired) electrons. The number of fused-ring (bicyclic) bond motifs is 1. The molecule has 0 N–H and O–H groups in total. The fraction of sp³-hybridized carbons (Fsp3) is 0.188. The number of para-hydroxylation sites is 1. The number of aryl methyl sites for hydroxylation is 1. The van der Waals surface area contributed by atoms with Gasteiger partial charge in [-0.1, -0.05) is 48.0 Å². The molecule has 6 nitrogen and oxygen atoms in total. The number of rotatable bonds is 7. The van der Waals surface area contributed by atoms with Crippen LogP contribution in [0.5, 0.6) is 0 Å². The van der Waals surface area contributed by atoms with Gasteiger partial charge in [-0.05, 0) is 67.4 Å². The fourth-order valence-corrected chi connectivity index (χ4v) is 4.73. The first kappa shape index (κ1) is 27.8. The molecule has 0 spiro atoms. The molecule has 0 fully saturated rings. The van der Waals surface area contributed by atoms with E-state index in [4.69, 9.17) is 4.98 Å². The summed E-state index contributed by atoms with van der Waals surface area (Å²) in [6.07, 6.45) is -1.11. The SMILES string of the molecule is Cc1ccc(CC(=O)N(Cc2cccnc2)C(C)c2nc3ccccc3c(=O)n2-c2ccc(C(F)(F)F)cc2)cc1. The number of nitrogens with zero attached hydrogens (tertiary/aromatic N) is 4. The summed E-state index contributed by atoms with van der Waals surface area (Å²) in [5.74, 6) is 0.0289. The molecule has 2 aromatic heterocycles. The summed E-state index contributed by atoms with van der Waals surface area (Å²) in [6.45, 7) is 3.92. The van der Waals surface area contributed by atoms with Crippen molar-refractivity contribution in [2.75, 3.05) is 0 Å². The highest BCUT2D eigenvalue weighted by atomic mass is 19.4. The van der Waals surface area contributed by atoms with Crippen LogP contribution >= 0.6 is 0 Å². The summed E-state index contributed by atoms with van der Waals surface area (Å²) in [5, 5.41) is 0.313. The molecule has 9 heteroatoms. The molecule has 1 unspecified atom stereocenters. The number of hydrogen-bond donors (Lipinski definition) is 0. The number of halogens is 3. The maximum atomic E-state index is 13.8. The first-order valence-electron chi connectivity index (χ1n) is 13.0. The van der Waals surface area contributed by atoms with Crippen LogP contribution in [0.25, 0.3) is 16.6 Å². The fourth-order valence-electron chi connectivity index (χ4n) is 4.73. The molecule has 0 aliphatic heterocycles. The molecule has 0 aliphatic carbocycles. The Bertz CT molecular complexity index is 1730. The first-order chi connectivity index (χ1) is 19.6. The van der Waals surface area contributed by atoms with E-state index in [-0.39, 0.29) is 30.4 Å². The Kier molecular flexibility index (Phi) is 7.70. The number of benzene rings is 3. The van der Waals surface area contributed by atoms with Crippen LogP contribution in [0.3, 0.4) is 0 Å². The van der Waals surface area contributed by atoms with Crippen molar-refractivity contribution >= 4 is 16.8 Å². The molecule has 5 rings (SSSR count). The quantitative estimate of drug-likeness (QED) is 0.231. The van der Waals surface area contributed by atoms with Crippen LogP contribution in [-0.4, -0.2) is 25.3 Å². The van der Waals surface area contributed by atoms with E-state index < -0.39 is 23.3 Å². The number of amides is 1. The zero-order chi connectivity index (χ0) is 29.1. The van der Waals surface area contributed by atoms with Crippen LogP contribution in [0, 0.1) is 6.92 Å².